The number of nitrogens with zero attached hydrogens (tertiary/aromatic N) is 6. The second-order valence-electron chi connectivity index (χ2n) is 6.58. The minimum absolute atomic E-state index is 0.0286. The van der Waals surface area contributed by atoms with E-state index in [1.54, 1.807) is 41.4 Å². The van der Waals surface area contributed by atoms with E-state index in [-0.39, 0.29) is 11.4 Å². The molecule has 2 aromatic heterocycles. The Balaban J connectivity index is 1.43. The molecule has 0 N–H and O–H groups in total. The number of halogens is 2. The van der Waals surface area contributed by atoms with Crippen molar-refractivity contribution in [2.75, 3.05) is 0 Å². The molecule has 30 heavy (non-hydrogen) atoms. The first kappa shape index (κ1) is 18.0. The van der Waals surface area contributed by atoms with Crippen LogP contribution in [0.1, 0.15) is 18.1 Å². The van der Waals surface area contributed by atoms with Crippen LogP contribution >= 0.6 is 0 Å². The summed E-state index contributed by atoms with van der Waals surface area (Å²) in [7, 11) is 0. The first-order valence-corrected chi connectivity index (χ1v) is 9.17. The van der Waals surface area contributed by atoms with Gasteiger partial charge in [-0.25, -0.2) is 18.7 Å². The lowest BCUT2D eigenvalue weighted by atomic mass is 10.2. The molecule has 0 saturated heterocycles. The average Bonchev–Trinajstić information content (AvgIpc) is 3.36. The molecule has 0 spiro atoms. The molecular weight excluding hydrogens is 390 g/mol. The fraction of sp³-hybridized carbons (Fsp3) is 0.0952. The molecule has 0 unspecified atom stereocenters. The van der Waals surface area contributed by atoms with Crippen molar-refractivity contribution in [3.8, 4) is 22.9 Å². The van der Waals surface area contributed by atoms with Crippen molar-refractivity contribution < 1.29 is 13.3 Å². The summed E-state index contributed by atoms with van der Waals surface area (Å²) in [5.41, 5.74) is 1.76. The summed E-state index contributed by atoms with van der Waals surface area (Å²) in [5, 5.41) is 3.95. The molecule has 0 fully saturated rings. The Labute approximate surface area is 169 Å². The maximum absolute atomic E-state index is 14.3. The summed E-state index contributed by atoms with van der Waals surface area (Å²) in [6.45, 7) is 0.312. The largest absolute Gasteiger partial charge is 0.343 e. The van der Waals surface area contributed by atoms with Gasteiger partial charge in [0.1, 0.15) is 17.9 Å². The molecule has 5 rings (SSSR count). The van der Waals surface area contributed by atoms with Crippen molar-refractivity contribution in [1.82, 2.24) is 29.7 Å². The SMILES string of the molecule is FC1=CCC=CC(c2nc3ccn(Cc4nc(-c5ccccn5)no4)cc-3n2)=C1F. The van der Waals surface area contributed by atoms with Gasteiger partial charge in [0.25, 0.3) is 0 Å². The van der Waals surface area contributed by atoms with E-state index in [1.807, 2.05) is 12.1 Å². The number of imidazole rings is 1. The summed E-state index contributed by atoms with van der Waals surface area (Å²) in [6.07, 6.45) is 9.83. The van der Waals surface area contributed by atoms with Crippen LogP contribution in [0.3, 0.4) is 0 Å². The Kier molecular flexibility index (Phi) is 4.47. The normalized spacial score (nSPS) is 14.3. The molecule has 2 aliphatic heterocycles. The first-order valence-electron chi connectivity index (χ1n) is 9.17. The van der Waals surface area contributed by atoms with Crippen molar-refractivity contribution in [3.05, 3.63) is 84.5 Å². The molecule has 0 amide bonds. The van der Waals surface area contributed by atoms with E-state index in [9.17, 15) is 8.78 Å². The van der Waals surface area contributed by atoms with E-state index in [0.29, 0.717) is 41.8 Å². The summed E-state index contributed by atoms with van der Waals surface area (Å²) >= 11 is 0. The molecule has 7 nitrogen and oxygen atoms in total. The quantitative estimate of drug-likeness (QED) is 0.502. The Bertz CT molecular complexity index is 1270. The van der Waals surface area contributed by atoms with E-state index >= 15 is 0 Å². The monoisotopic (exact) mass is 404 g/mol. The molecule has 3 aliphatic rings. The molecule has 4 heterocycles. The number of aromatic nitrogens is 6. The molecule has 0 saturated carbocycles. The molecular formula is C21H14F2N6O. The Morgan fingerprint density at radius 1 is 1.00 bits per heavy atom. The minimum Gasteiger partial charge on any atom is -0.343 e. The maximum Gasteiger partial charge on any atom is 0.246 e. The van der Waals surface area contributed by atoms with Crippen LogP contribution in [0.15, 0.2) is 77.3 Å². The third kappa shape index (κ3) is 3.41. The Hall–Kier alpha value is -4.01. The summed E-state index contributed by atoms with van der Waals surface area (Å²) in [5.74, 6) is -0.927. The van der Waals surface area contributed by atoms with Crippen LogP contribution in [0.25, 0.3) is 28.5 Å². The van der Waals surface area contributed by atoms with Crippen LogP contribution in [-0.2, 0) is 6.54 Å². The summed E-state index contributed by atoms with van der Waals surface area (Å²) < 4.78 is 35.2. The molecule has 148 valence electrons. The van der Waals surface area contributed by atoms with Crippen molar-refractivity contribution in [3.63, 3.8) is 0 Å². The molecule has 0 radical (unpaired) electrons. The lowest BCUT2D eigenvalue weighted by molar-refractivity contribution is 0.371. The zero-order chi connectivity index (χ0) is 20.5. The molecule has 0 aromatic carbocycles. The van der Waals surface area contributed by atoms with E-state index in [4.69, 9.17) is 4.52 Å². The summed E-state index contributed by atoms with van der Waals surface area (Å²) in [6, 6.07) is 7.19. The third-order valence-corrected chi connectivity index (χ3v) is 4.51. The van der Waals surface area contributed by atoms with Gasteiger partial charge in [0.15, 0.2) is 17.5 Å². The van der Waals surface area contributed by atoms with Gasteiger partial charge in [-0.1, -0.05) is 23.4 Å². The molecule has 0 bridgehead atoms. The highest BCUT2D eigenvalue weighted by molar-refractivity contribution is 5.77. The molecule has 0 atom stereocenters. The highest BCUT2D eigenvalue weighted by Crippen LogP contribution is 2.30. The van der Waals surface area contributed by atoms with Gasteiger partial charge in [-0.2, -0.15) is 4.98 Å². The highest BCUT2D eigenvalue weighted by Gasteiger charge is 2.20. The van der Waals surface area contributed by atoms with Crippen LogP contribution in [-0.4, -0.2) is 29.7 Å². The second-order valence-corrected chi connectivity index (χ2v) is 6.58. The lowest BCUT2D eigenvalue weighted by Crippen LogP contribution is -2.01. The predicted octanol–water partition coefficient (Wildman–Crippen LogP) is 4.37. The average molecular weight is 404 g/mol. The smallest absolute Gasteiger partial charge is 0.246 e. The number of pyridine rings is 2. The van der Waals surface area contributed by atoms with Gasteiger partial charge in [0.05, 0.1) is 11.3 Å². The van der Waals surface area contributed by atoms with Crippen molar-refractivity contribution in [2.24, 2.45) is 0 Å². The maximum atomic E-state index is 14.3. The van der Waals surface area contributed by atoms with Gasteiger partial charge in [0.2, 0.25) is 11.7 Å². The van der Waals surface area contributed by atoms with Crippen LogP contribution < -0.4 is 0 Å². The number of rotatable bonds is 4. The fourth-order valence-corrected chi connectivity index (χ4v) is 3.07. The molecule has 2 aromatic rings. The van der Waals surface area contributed by atoms with E-state index in [1.165, 1.54) is 12.2 Å². The van der Waals surface area contributed by atoms with Gasteiger partial charge in [0, 0.05) is 18.6 Å². The third-order valence-electron chi connectivity index (χ3n) is 4.51. The lowest BCUT2D eigenvalue weighted by Gasteiger charge is -2.04. The number of hydrogen-bond acceptors (Lipinski definition) is 6. The second kappa shape index (κ2) is 7.43. The van der Waals surface area contributed by atoms with Crippen molar-refractivity contribution >= 4 is 5.57 Å². The number of allylic oxidation sites excluding steroid dienone is 6. The van der Waals surface area contributed by atoms with Gasteiger partial charge < -0.3 is 9.09 Å². The van der Waals surface area contributed by atoms with Gasteiger partial charge in [-0.05, 0) is 30.7 Å². The predicted molar refractivity (Wildman–Crippen MR) is 104 cm³/mol. The van der Waals surface area contributed by atoms with E-state index in [0.717, 1.165) is 0 Å². The molecule has 9 heteroatoms. The number of fused-ring (bicyclic) bond motifs is 1. The van der Waals surface area contributed by atoms with Crippen molar-refractivity contribution in [1.29, 1.82) is 0 Å². The molecule has 1 aliphatic carbocycles. The van der Waals surface area contributed by atoms with E-state index in [2.05, 4.69) is 25.1 Å². The van der Waals surface area contributed by atoms with Crippen LogP contribution in [0.2, 0.25) is 0 Å². The fourth-order valence-electron chi connectivity index (χ4n) is 3.07. The van der Waals surface area contributed by atoms with Crippen molar-refractivity contribution in [2.45, 2.75) is 13.0 Å². The minimum atomic E-state index is -0.958. The number of hydrogen-bond donors (Lipinski definition) is 0. The van der Waals surface area contributed by atoms with E-state index < -0.39 is 11.7 Å². The Morgan fingerprint density at radius 2 is 1.90 bits per heavy atom. The van der Waals surface area contributed by atoms with Crippen LogP contribution in [0.4, 0.5) is 8.78 Å². The van der Waals surface area contributed by atoms with Gasteiger partial charge in [-0.15, -0.1) is 0 Å². The van der Waals surface area contributed by atoms with Crippen LogP contribution in [0, 0.1) is 0 Å². The van der Waals surface area contributed by atoms with Gasteiger partial charge in [-0.3, -0.25) is 4.98 Å². The first-order chi connectivity index (χ1) is 14.7. The topological polar surface area (TPSA) is 82.5 Å². The van der Waals surface area contributed by atoms with Gasteiger partial charge >= 0.3 is 0 Å². The standard InChI is InChI=1S/C21H14F2N6O/c22-14-6-2-1-5-13(19(14)23)20-25-15-8-10-29(11-17(15)26-20)12-18-27-21(28-30-18)16-7-3-4-9-24-16/h1,3-11H,2,12H2. The zero-order valence-electron chi connectivity index (χ0n) is 15.5. The Morgan fingerprint density at radius 3 is 2.77 bits per heavy atom. The zero-order valence-corrected chi connectivity index (χ0v) is 15.5. The van der Waals surface area contributed by atoms with Crippen LogP contribution in [0.5, 0.6) is 0 Å². The summed E-state index contributed by atoms with van der Waals surface area (Å²) in [4.78, 5) is 17.2. The highest BCUT2D eigenvalue weighted by atomic mass is 19.2.